The van der Waals surface area contributed by atoms with Gasteiger partial charge in [-0.05, 0) is 53.9 Å². The summed E-state index contributed by atoms with van der Waals surface area (Å²) in [7, 11) is 0. The molecule has 2 amide bonds. The lowest BCUT2D eigenvalue weighted by Crippen LogP contribution is -2.48. The fourth-order valence-corrected chi connectivity index (χ4v) is 2.98. The van der Waals surface area contributed by atoms with E-state index >= 15 is 0 Å². The lowest BCUT2D eigenvalue weighted by molar-refractivity contribution is -0.148. The number of urea groups is 1. The number of hydrogen-bond donors (Lipinski definition) is 3. The second-order valence-electron chi connectivity index (χ2n) is 5.39. The zero-order valence-electron chi connectivity index (χ0n) is 11.5. The van der Waals surface area contributed by atoms with Gasteiger partial charge in [-0.2, -0.15) is 0 Å². The second-order valence-corrected chi connectivity index (χ2v) is 6.66. The van der Waals surface area contributed by atoms with Crippen LogP contribution in [0.5, 0.6) is 0 Å². The number of nitrogens with one attached hydrogen (secondary N) is 2. The highest BCUT2D eigenvalue weighted by Gasteiger charge is 2.45. The number of amides is 2. The van der Waals surface area contributed by atoms with Crippen LogP contribution in [-0.4, -0.2) is 23.1 Å². The molecule has 0 saturated heterocycles. The van der Waals surface area contributed by atoms with Crippen molar-refractivity contribution in [2.24, 2.45) is 5.41 Å². The number of hydrogen-bond acceptors (Lipinski definition) is 2. The SMILES string of the molecule is CC1(C(=O)O)CCCC1NC(=O)Nc1ccc(Br)c(Cl)c1. The van der Waals surface area contributed by atoms with E-state index in [4.69, 9.17) is 11.6 Å². The smallest absolute Gasteiger partial charge is 0.319 e. The molecule has 0 radical (unpaired) electrons. The molecule has 0 spiro atoms. The van der Waals surface area contributed by atoms with E-state index in [-0.39, 0.29) is 6.04 Å². The molecule has 0 aromatic heterocycles. The summed E-state index contributed by atoms with van der Waals surface area (Å²) in [6, 6.07) is 4.26. The molecule has 0 heterocycles. The lowest BCUT2D eigenvalue weighted by atomic mass is 9.85. The van der Waals surface area contributed by atoms with Gasteiger partial charge in [-0.25, -0.2) is 4.79 Å². The molecule has 2 rings (SSSR count). The van der Waals surface area contributed by atoms with Crippen molar-refractivity contribution in [2.75, 3.05) is 5.32 Å². The van der Waals surface area contributed by atoms with Gasteiger partial charge in [0.15, 0.2) is 0 Å². The molecular weight excluding hydrogens is 360 g/mol. The zero-order valence-corrected chi connectivity index (χ0v) is 13.8. The average molecular weight is 376 g/mol. The van der Waals surface area contributed by atoms with Crippen molar-refractivity contribution in [3.63, 3.8) is 0 Å². The van der Waals surface area contributed by atoms with Crippen molar-refractivity contribution in [1.82, 2.24) is 5.32 Å². The third-order valence-corrected chi connectivity index (χ3v) is 5.16. The van der Waals surface area contributed by atoms with Gasteiger partial charge in [-0.3, -0.25) is 4.79 Å². The van der Waals surface area contributed by atoms with Crippen LogP contribution in [0.25, 0.3) is 0 Å². The molecule has 114 valence electrons. The summed E-state index contributed by atoms with van der Waals surface area (Å²) in [5, 5.41) is 15.2. The number of carbonyl (C=O) groups is 2. The van der Waals surface area contributed by atoms with Gasteiger partial charge < -0.3 is 15.7 Å². The van der Waals surface area contributed by atoms with Crippen molar-refractivity contribution < 1.29 is 14.7 Å². The van der Waals surface area contributed by atoms with E-state index in [0.29, 0.717) is 23.6 Å². The fourth-order valence-electron chi connectivity index (χ4n) is 2.55. The van der Waals surface area contributed by atoms with Crippen LogP contribution >= 0.6 is 27.5 Å². The quantitative estimate of drug-likeness (QED) is 0.750. The van der Waals surface area contributed by atoms with Crippen LogP contribution in [0.3, 0.4) is 0 Å². The molecule has 2 unspecified atom stereocenters. The number of anilines is 1. The Kier molecular flexibility index (Phi) is 4.78. The minimum absolute atomic E-state index is 0.374. The molecule has 7 heteroatoms. The summed E-state index contributed by atoms with van der Waals surface area (Å²) in [6.07, 6.45) is 2.02. The molecule has 5 nitrogen and oxygen atoms in total. The number of rotatable bonds is 3. The Morgan fingerprint density at radius 3 is 2.81 bits per heavy atom. The van der Waals surface area contributed by atoms with Crippen LogP contribution in [0, 0.1) is 5.41 Å². The Hall–Kier alpha value is -1.27. The predicted octanol–water partition coefficient (Wildman–Crippen LogP) is 3.87. The number of carbonyl (C=O) groups excluding carboxylic acids is 1. The largest absolute Gasteiger partial charge is 0.481 e. The van der Waals surface area contributed by atoms with Crippen LogP contribution < -0.4 is 10.6 Å². The van der Waals surface area contributed by atoms with Crippen molar-refractivity contribution in [3.05, 3.63) is 27.7 Å². The Morgan fingerprint density at radius 1 is 1.48 bits per heavy atom. The third kappa shape index (κ3) is 3.49. The number of benzene rings is 1. The van der Waals surface area contributed by atoms with Gasteiger partial charge in [0.25, 0.3) is 0 Å². The fraction of sp³-hybridized carbons (Fsp3) is 0.429. The summed E-state index contributed by atoms with van der Waals surface area (Å²) >= 11 is 9.23. The molecule has 2 atom stereocenters. The third-order valence-electron chi connectivity index (χ3n) is 3.93. The first-order valence-electron chi connectivity index (χ1n) is 6.59. The van der Waals surface area contributed by atoms with Crippen LogP contribution in [0.2, 0.25) is 5.02 Å². The summed E-state index contributed by atoms with van der Waals surface area (Å²) < 4.78 is 0.740. The topological polar surface area (TPSA) is 78.4 Å². The van der Waals surface area contributed by atoms with Crippen molar-refractivity contribution in [3.8, 4) is 0 Å². The van der Waals surface area contributed by atoms with E-state index in [1.54, 1.807) is 25.1 Å². The highest BCUT2D eigenvalue weighted by Crippen LogP contribution is 2.38. The summed E-state index contributed by atoms with van der Waals surface area (Å²) in [5.41, 5.74) is -0.356. The Bertz CT molecular complexity index is 581. The van der Waals surface area contributed by atoms with Crippen LogP contribution in [0.1, 0.15) is 26.2 Å². The maximum atomic E-state index is 12.0. The number of carboxylic acids is 1. The lowest BCUT2D eigenvalue weighted by Gasteiger charge is -2.27. The van der Waals surface area contributed by atoms with E-state index < -0.39 is 17.4 Å². The molecule has 1 saturated carbocycles. The van der Waals surface area contributed by atoms with Gasteiger partial charge in [-0.1, -0.05) is 18.0 Å². The minimum atomic E-state index is -0.908. The van der Waals surface area contributed by atoms with Gasteiger partial charge in [0, 0.05) is 16.2 Å². The zero-order chi connectivity index (χ0) is 15.6. The number of aliphatic carboxylic acids is 1. The highest BCUT2D eigenvalue weighted by molar-refractivity contribution is 9.10. The van der Waals surface area contributed by atoms with Gasteiger partial charge in [0.2, 0.25) is 0 Å². The second kappa shape index (κ2) is 6.23. The maximum Gasteiger partial charge on any atom is 0.319 e. The molecule has 21 heavy (non-hydrogen) atoms. The molecule has 1 aromatic carbocycles. The number of carboxylic acid groups (broad SMARTS) is 1. The van der Waals surface area contributed by atoms with E-state index in [9.17, 15) is 14.7 Å². The van der Waals surface area contributed by atoms with Gasteiger partial charge >= 0.3 is 12.0 Å². The monoisotopic (exact) mass is 374 g/mol. The van der Waals surface area contributed by atoms with Crippen molar-refractivity contribution in [2.45, 2.75) is 32.2 Å². The normalized spacial score (nSPS) is 24.6. The van der Waals surface area contributed by atoms with Crippen LogP contribution in [0.4, 0.5) is 10.5 Å². The van der Waals surface area contributed by atoms with E-state index in [0.717, 1.165) is 10.9 Å². The molecule has 3 N–H and O–H groups in total. The summed E-state index contributed by atoms with van der Waals surface area (Å²) in [5.74, 6) is -0.878. The van der Waals surface area contributed by atoms with Crippen LogP contribution in [0.15, 0.2) is 22.7 Å². The minimum Gasteiger partial charge on any atom is -0.481 e. The first-order valence-corrected chi connectivity index (χ1v) is 7.76. The van der Waals surface area contributed by atoms with E-state index in [1.807, 2.05) is 0 Å². The Morgan fingerprint density at radius 2 is 2.19 bits per heavy atom. The van der Waals surface area contributed by atoms with Gasteiger partial charge in [-0.15, -0.1) is 0 Å². The molecule has 1 aliphatic carbocycles. The molecule has 0 aliphatic heterocycles. The molecule has 0 bridgehead atoms. The van der Waals surface area contributed by atoms with Crippen molar-refractivity contribution in [1.29, 1.82) is 0 Å². The van der Waals surface area contributed by atoms with Gasteiger partial charge in [0.05, 0.1) is 10.4 Å². The van der Waals surface area contributed by atoms with E-state index in [2.05, 4.69) is 26.6 Å². The first kappa shape index (κ1) is 16.1. The van der Waals surface area contributed by atoms with Gasteiger partial charge in [0.1, 0.15) is 0 Å². The number of halogens is 2. The summed E-state index contributed by atoms with van der Waals surface area (Å²) in [4.78, 5) is 23.4. The van der Waals surface area contributed by atoms with Crippen molar-refractivity contribution >= 4 is 45.2 Å². The molecule has 1 aromatic rings. The summed E-state index contributed by atoms with van der Waals surface area (Å²) in [6.45, 7) is 1.67. The highest BCUT2D eigenvalue weighted by atomic mass is 79.9. The molecule has 1 aliphatic rings. The molecule has 1 fully saturated rings. The average Bonchev–Trinajstić information content (AvgIpc) is 2.77. The predicted molar refractivity (Wildman–Crippen MR) is 84.7 cm³/mol. The van der Waals surface area contributed by atoms with E-state index in [1.165, 1.54) is 0 Å². The standard InChI is InChI=1S/C14H16BrClN2O3/c1-14(12(19)20)6-2-3-11(14)18-13(21)17-8-4-5-9(15)10(16)7-8/h4-5,7,11H,2-3,6H2,1H3,(H,19,20)(H2,17,18,21). The Labute approximate surface area is 136 Å². The molecular formula is C14H16BrClN2O3. The van der Waals surface area contributed by atoms with Crippen LogP contribution in [-0.2, 0) is 4.79 Å². The Balaban J connectivity index is 2.01. The first-order chi connectivity index (χ1) is 9.83. The maximum absolute atomic E-state index is 12.0.